The highest BCUT2D eigenvalue weighted by molar-refractivity contribution is 6.04. The van der Waals surface area contributed by atoms with E-state index in [-0.39, 0.29) is 36.2 Å². The van der Waals surface area contributed by atoms with Crippen LogP contribution in [0, 0.1) is 0 Å². The SMILES string of the molecule is CC1Oc2c(cccc2C(=O)N2C[C@@H](N)[C@H](c3ccccc3)C2)NC1=O.Cl. The average molecular weight is 388 g/mol. The van der Waals surface area contributed by atoms with Gasteiger partial charge in [0.25, 0.3) is 11.8 Å². The molecule has 2 aromatic rings. The molecule has 0 aliphatic carbocycles. The molecule has 2 aliphatic heterocycles. The molecular formula is C20H22ClN3O3. The molecule has 7 heteroatoms. The number of rotatable bonds is 2. The van der Waals surface area contributed by atoms with Crippen molar-refractivity contribution in [1.82, 2.24) is 4.90 Å². The predicted octanol–water partition coefficient (Wildman–Crippen LogP) is 2.39. The second-order valence-electron chi connectivity index (χ2n) is 6.82. The summed E-state index contributed by atoms with van der Waals surface area (Å²) in [7, 11) is 0. The molecule has 2 amide bonds. The fourth-order valence-electron chi connectivity index (χ4n) is 3.61. The number of fused-ring (bicyclic) bond motifs is 1. The number of likely N-dealkylation sites (tertiary alicyclic amines) is 1. The van der Waals surface area contributed by atoms with Crippen LogP contribution in [0.3, 0.4) is 0 Å². The molecule has 0 aromatic heterocycles. The topological polar surface area (TPSA) is 84.7 Å². The third-order valence-electron chi connectivity index (χ3n) is 5.05. The molecule has 1 fully saturated rings. The molecule has 2 aromatic carbocycles. The quantitative estimate of drug-likeness (QED) is 0.828. The second kappa shape index (κ2) is 7.58. The number of carbonyl (C=O) groups is 2. The number of carbonyl (C=O) groups excluding carboxylic acids is 2. The largest absolute Gasteiger partial charge is 0.478 e. The van der Waals surface area contributed by atoms with E-state index in [1.165, 1.54) is 0 Å². The molecule has 0 bridgehead atoms. The molecule has 0 radical (unpaired) electrons. The smallest absolute Gasteiger partial charge is 0.265 e. The van der Waals surface area contributed by atoms with Crippen LogP contribution in [-0.2, 0) is 4.79 Å². The summed E-state index contributed by atoms with van der Waals surface area (Å²) in [5.41, 5.74) is 8.44. The second-order valence-corrected chi connectivity index (χ2v) is 6.82. The van der Waals surface area contributed by atoms with E-state index in [2.05, 4.69) is 5.32 Å². The monoisotopic (exact) mass is 387 g/mol. The first-order valence-corrected chi connectivity index (χ1v) is 8.75. The Hall–Kier alpha value is -2.57. The van der Waals surface area contributed by atoms with Crippen molar-refractivity contribution in [1.29, 1.82) is 0 Å². The highest BCUT2D eigenvalue weighted by Gasteiger charge is 2.36. The minimum Gasteiger partial charge on any atom is -0.478 e. The van der Waals surface area contributed by atoms with Crippen LogP contribution in [0.1, 0.15) is 28.8 Å². The summed E-state index contributed by atoms with van der Waals surface area (Å²) in [6.07, 6.45) is -0.630. The van der Waals surface area contributed by atoms with E-state index in [9.17, 15) is 9.59 Å². The van der Waals surface area contributed by atoms with E-state index < -0.39 is 6.10 Å². The molecule has 3 atom stereocenters. The van der Waals surface area contributed by atoms with Crippen molar-refractivity contribution >= 4 is 29.9 Å². The lowest BCUT2D eigenvalue weighted by molar-refractivity contribution is -0.122. The Bertz CT molecular complexity index is 859. The number of hydrogen-bond donors (Lipinski definition) is 2. The first kappa shape index (κ1) is 19.2. The van der Waals surface area contributed by atoms with Gasteiger partial charge < -0.3 is 20.7 Å². The molecule has 6 nitrogen and oxygen atoms in total. The summed E-state index contributed by atoms with van der Waals surface area (Å²) in [6, 6.07) is 15.1. The molecule has 1 unspecified atom stereocenters. The molecule has 27 heavy (non-hydrogen) atoms. The highest BCUT2D eigenvalue weighted by atomic mass is 35.5. The lowest BCUT2D eigenvalue weighted by Crippen LogP contribution is -2.37. The van der Waals surface area contributed by atoms with Crippen molar-refractivity contribution in [2.75, 3.05) is 18.4 Å². The summed E-state index contributed by atoms with van der Waals surface area (Å²) in [6.45, 7) is 2.72. The van der Waals surface area contributed by atoms with Crippen molar-refractivity contribution in [2.24, 2.45) is 5.73 Å². The zero-order valence-corrected chi connectivity index (χ0v) is 15.7. The molecule has 4 rings (SSSR count). The third kappa shape index (κ3) is 3.50. The molecule has 2 heterocycles. The van der Waals surface area contributed by atoms with Gasteiger partial charge in [0, 0.05) is 25.0 Å². The summed E-state index contributed by atoms with van der Waals surface area (Å²) in [4.78, 5) is 26.7. The van der Waals surface area contributed by atoms with Crippen molar-refractivity contribution in [3.63, 3.8) is 0 Å². The minimum atomic E-state index is -0.630. The fourth-order valence-corrected chi connectivity index (χ4v) is 3.61. The number of anilines is 1. The van der Waals surface area contributed by atoms with Gasteiger partial charge in [-0.05, 0) is 24.6 Å². The first-order chi connectivity index (χ1) is 12.5. The van der Waals surface area contributed by atoms with Gasteiger partial charge in [-0.15, -0.1) is 12.4 Å². The molecule has 2 aliphatic rings. The maximum Gasteiger partial charge on any atom is 0.265 e. The van der Waals surface area contributed by atoms with Gasteiger partial charge in [0.15, 0.2) is 11.9 Å². The van der Waals surface area contributed by atoms with Crippen LogP contribution in [0.2, 0.25) is 0 Å². The maximum absolute atomic E-state index is 13.1. The van der Waals surface area contributed by atoms with Crippen LogP contribution in [0.25, 0.3) is 0 Å². The van der Waals surface area contributed by atoms with Crippen LogP contribution >= 0.6 is 12.4 Å². The van der Waals surface area contributed by atoms with Gasteiger partial charge >= 0.3 is 0 Å². The van der Waals surface area contributed by atoms with E-state index in [1.807, 2.05) is 30.3 Å². The van der Waals surface area contributed by atoms with Gasteiger partial charge in [0.05, 0.1) is 11.3 Å². The number of ether oxygens (including phenoxy) is 1. The Balaban J connectivity index is 0.00000210. The molecule has 142 valence electrons. The standard InChI is InChI=1S/C20H21N3O3.ClH/c1-12-19(24)22-17-9-5-8-14(18(17)26-12)20(25)23-10-15(16(21)11-23)13-6-3-2-4-7-13;/h2-9,12,15-16H,10-11,21H2,1H3,(H,22,24);1H/t12?,15-,16+;/m0./s1. The summed E-state index contributed by atoms with van der Waals surface area (Å²) >= 11 is 0. The zero-order chi connectivity index (χ0) is 18.3. The molecule has 1 saturated heterocycles. The minimum absolute atomic E-state index is 0. The maximum atomic E-state index is 13.1. The van der Waals surface area contributed by atoms with Crippen LogP contribution in [0.4, 0.5) is 5.69 Å². The van der Waals surface area contributed by atoms with Gasteiger partial charge in [-0.25, -0.2) is 0 Å². The normalized spacial score (nSPS) is 23.7. The fraction of sp³-hybridized carbons (Fsp3) is 0.300. The summed E-state index contributed by atoms with van der Waals surface area (Å²) in [5, 5.41) is 2.78. The Morgan fingerprint density at radius 2 is 1.89 bits per heavy atom. The number of hydrogen-bond acceptors (Lipinski definition) is 4. The number of nitrogens with one attached hydrogen (secondary N) is 1. The van der Waals surface area contributed by atoms with Crippen molar-refractivity contribution < 1.29 is 14.3 Å². The van der Waals surface area contributed by atoms with E-state index in [1.54, 1.807) is 30.0 Å². The number of para-hydroxylation sites is 1. The molecule has 3 N–H and O–H groups in total. The van der Waals surface area contributed by atoms with Gasteiger partial charge in [-0.2, -0.15) is 0 Å². The van der Waals surface area contributed by atoms with E-state index in [0.29, 0.717) is 30.1 Å². The number of benzene rings is 2. The summed E-state index contributed by atoms with van der Waals surface area (Å²) < 4.78 is 5.70. The van der Waals surface area contributed by atoms with Gasteiger partial charge in [-0.1, -0.05) is 36.4 Å². The van der Waals surface area contributed by atoms with Gasteiger partial charge in [-0.3, -0.25) is 9.59 Å². The Labute approximate surface area is 164 Å². The zero-order valence-electron chi connectivity index (χ0n) is 14.9. The van der Waals surface area contributed by atoms with E-state index in [0.717, 1.165) is 5.56 Å². The predicted molar refractivity (Wildman–Crippen MR) is 105 cm³/mol. The van der Waals surface area contributed by atoms with Crippen molar-refractivity contribution in [2.45, 2.75) is 25.0 Å². The number of nitrogens with two attached hydrogens (primary N) is 1. The van der Waals surface area contributed by atoms with Crippen molar-refractivity contribution in [3.05, 3.63) is 59.7 Å². The van der Waals surface area contributed by atoms with Gasteiger partial charge in [0.2, 0.25) is 0 Å². The highest BCUT2D eigenvalue weighted by Crippen LogP contribution is 2.35. The van der Waals surface area contributed by atoms with Crippen LogP contribution in [-0.4, -0.2) is 41.9 Å². The summed E-state index contributed by atoms with van der Waals surface area (Å²) in [5.74, 6) is 0.203. The number of amides is 2. The third-order valence-corrected chi connectivity index (χ3v) is 5.05. The Morgan fingerprint density at radius 3 is 2.63 bits per heavy atom. The lowest BCUT2D eigenvalue weighted by Gasteiger charge is -2.26. The molecule has 0 spiro atoms. The lowest BCUT2D eigenvalue weighted by atomic mass is 9.95. The molecule has 0 saturated carbocycles. The van der Waals surface area contributed by atoms with Crippen LogP contribution < -0.4 is 15.8 Å². The Kier molecular flexibility index (Phi) is 5.39. The Morgan fingerprint density at radius 1 is 1.15 bits per heavy atom. The molecular weight excluding hydrogens is 366 g/mol. The van der Waals surface area contributed by atoms with Crippen LogP contribution in [0.15, 0.2) is 48.5 Å². The van der Waals surface area contributed by atoms with E-state index in [4.69, 9.17) is 10.5 Å². The van der Waals surface area contributed by atoms with Gasteiger partial charge in [0.1, 0.15) is 0 Å². The van der Waals surface area contributed by atoms with Crippen LogP contribution in [0.5, 0.6) is 5.75 Å². The number of nitrogens with zero attached hydrogens (tertiary/aromatic N) is 1. The first-order valence-electron chi connectivity index (χ1n) is 8.75. The van der Waals surface area contributed by atoms with Crippen molar-refractivity contribution in [3.8, 4) is 5.75 Å². The number of halogens is 1. The van der Waals surface area contributed by atoms with E-state index >= 15 is 0 Å². The average Bonchev–Trinajstić information content (AvgIpc) is 3.04.